The summed E-state index contributed by atoms with van der Waals surface area (Å²) in [5.41, 5.74) is 2.28. The maximum Gasteiger partial charge on any atom is 0.171 e. The molecule has 0 aliphatic carbocycles. The van der Waals surface area contributed by atoms with Crippen molar-refractivity contribution in [1.29, 1.82) is 0 Å². The van der Waals surface area contributed by atoms with Crippen LogP contribution >= 0.6 is 0 Å². The minimum atomic E-state index is -0.315. The van der Waals surface area contributed by atoms with Gasteiger partial charge in [0.2, 0.25) is 0 Å². The Morgan fingerprint density at radius 3 is 2.65 bits per heavy atom. The van der Waals surface area contributed by atoms with E-state index in [1.165, 1.54) is 5.69 Å². The van der Waals surface area contributed by atoms with Gasteiger partial charge in [0, 0.05) is 32.5 Å². The third kappa shape index (κ3) is 2.01. The van der Waals surface area contributed by atoms with Gasteiger partial charge in [0.15, 0.2) is 11.5 Å². The lowest BCUT2D eigenvalue weighted by molar-refractivity contribution is -0.169. The number of anilines is 2. The molecular formula is C15H20N2O3. The van der Waals surface area contributed by atoms with Crippen LogP contribution in [0.15, 0.2) is 18.2 Å². The Bertz CT molecular complexity index is 490. The molecule has 5 heteroatoms. The fraction of sp³-hybridized carbons (Fsp3) is 0.600. The van der Waals surface area contributed by atoms with Crippen molar-refractivity contribution in [2.45, 2.75) is 18.6 Å². The van der Waals surface area contributed by atoms with Gasteiger partial charge in [-0.1, -0.05) is 6.07 Å². The van der Waals surface area contributed by atoms with E-state index >= 15 is 0 Å². The summed E-state index contributed by atoms with van der Waals surface area (Å²) in [6.07, 6.45) is 1.84. The number of benzene rings is 1. The highest BCUT2D eigenvalue weighted by Crippen LogP contribution is 2.40. The van der Waals surface area contributed by atoms with E-state index in [0.29, 0.717) is 0 Å². The number of ether oxygens (including phenoxy) is 3. The third-order valence-corrected chi connectivity index (χ3v) is 4.34. The molecule has 2 saturated heterocycles. The summed E-state index contributed by atoms with van der Waals surface area (Å²) in [5, 5.41) is 3.39. The molecular weight excluding hydrogens is 256 g/mol. The molecule has 0 saturated carbocycles. The molecule has 3 aliphatic heterocycles. The number of rotatable bonds is 1. The summed E-state index contributed by atoms with van der Waals surface area (Å²) >= 11 is 0. The van der Waals surface area contributed by atoms with Gasteiger partial charge >= 0.3 is 0 Å². The van der Waals surface area contributed by atoms with Gasteiger partial charge in [-0.15, -0.1) is 0 Å². The lowest BCUT2D eigenvalue weighted by Gasteiger charge is -2.39. The Kier molecular flexibility index (Phi) is 2.97. The van der Waals surface area contributed by atoms with Crippen LogP contribution in [0, 0.1) is 0 Å². The zero-order valence-corrected chi connectivity index (χ0v) is 11.6. The number of fused-ring (bicyclic) bond motifs is 1. The maximum atomic E-state index is 5.86. The maximum absolute atomic E-state index is 5.86. The molecule has 0 radical (unpaired) electrons. The fourth-order valence-corrected chi connectivity index (χ4v) is 3.28. The SMILES string of the molecule is c1cc2c(c(N3CCC4(CC3)OCCO4)c1)OCCN2. The molecule has 1 N–H and O–H groups in total. The topological polar surface area (TPSA) is 43.0 Å². The minimum Gasteiger partial charge on any atom is -0.487 e. The van der Waals surface area contributed by atoms with E-state index in [1.807, 2.05) is 0 Å². The molecule has 1 spiro atoms. The van der Waals surface area contributed by atoms with E-state index in [1.54, 1.807) is 0 Å². The molecule has 4 rings (SSSR count). The van der Waals surface area contributed by atoms with Gasteiger partial charge in [0.25, 0.3) is 0 Å². The van der Waals surface area contributed by atoms with Crippen molar-refractivity contribution < 1.29 is 14.2 Å². The first kappa shape index (κ1) is 12.3. The first-order valence-corrected chi connectivity index (χ1v) is 7.39. The van der Waals surface area contributed by atoms with E-state index in [4.69, 9.17) is 14.2 Å². The van der Waals surface area contributed by atoms with Gasteiger partial charge in [0.05, 0.1) is 24.6 Å². The molecule has 0 atom stereocenters. The highest BCUT2D eigenvalue weighted by atomic mass is 16.7. The summed E-state index contributed by atoms with van der Waals surface area (Å²) in [5.74, 6) is 0.674. The smallest absolute Gasteiger partial charge is 0.171 e. The Balaban J connectivity index is 1.54. The zero-order chi connectivity index (χ0) is 13.4. The van der Waals surface area contributed by atoms with Crippen molar-refractivity contribution in [2.24, 2.45) is 0 Å². The summed E-state index contributed by atoms with van der Waals surface area (Å²) in [6.45, 7) is 4.95. The summed E-state index contributed by atoms with van der Waals surface area (Å²) in [6, 6.07) is 6.30. The largest absolute Gasteiger partial charge is 0.487 e. The molecule has 0 unspecified atom stereocenters. The zero-order valence-electron chi connectivity index (χ0n) is 11.6. The Labute approximate surface area is 118 Å². The third-order valence-electron chi connectivity index (χ3n) is 4.34. The van der Waals surface area contributed by atoms with Gasteiger partial charge in [-0.25, -0.2) is 0 Å². The van der Waals surface area contributed by atoms with Crippen molar-refractivity contribution in [3.8, 4) is 5.75 Å². The van der Waals surface area contributed by atoms with E-state index in [-0.39, 0.29) is 5.79 Å². The van der Waals surface area contributed by atoms with Crippen molar-refractivity contribution >= 4 is 11.4 Å². The standard InChI is InChI=1S/C15H20N2O3/c1-2-12-14(18-9-6-16-12)13(3-1)17-7-4-15(5-8-17)19-10-11-20-15/h1-3,16H,4-11H2. The first-order chi connectivity index (χ1) is 9.86. The van der Waals surface area contributed by atoms with Gasteiger partial charge < -0.3 is 24.4 Å². The van der Waals surface area contributed by atoms with E-state index < -0.39 is 0 Å². The minimum absolute atomic E-state index is 0.315. The lowest BCUT2D eigenvalue weighted by atomic mass is 10.0. The van der Waals surface area contributed by atoms with Crippen LogP contribution < -0.4 is 15.0 Å². The van der Waals surface area contributed by atoms with Gasteiger partial charge in [-0.3, -0.25) is 0 Å². The normalized spacial score (nSPS) is 24.1. The molecule has 20 heavy (non-hydrogen) atoms. The number of piperidine rings is 1. The van der Waals surface area contributed by atoms with Gasteiger partial charge in [-0.05, 0) is 12.1 Å². The second kappa shape index (κ2) is 4.82. The van der Waals surface area contributed by atoms with E-state index in [0.717, 1.165) is 63.7 Å². The summed E-state index contributed by atoms with van der Waals surface area (Å²) < 4.78 is 17.4. The summed E-state index contributed by atoms with van der Waals surface area (Å²) in [4.78, 5) is 2.38. The average molecular weight is 276 g/mol. The molecule has 0 amide bonds. The van der Waals surface area contributed by atoms with Crippen LogP contribution in [0.5, 0.6) is 5.75 Å². The van der Waals surface area contributed by atoms with Crippen LogP contribution in [0.1, 0.15) is 12.8 Å². The van der Waals surface area contributed by atoms with Crippen LogP contribution in [0.25, 0.3) is 0 Å². The van der Waals surface area contributed by atoms with E-state index in [2.05, 4.69) is 28.4 Å². The number of para-hydroxylation sites is 1. The van der Waals surface area contributed by atoms with Crippen LogP contribution in [0.2, 0.25) is 0 Å². The Morgan fingerprint density at radius 1 is 1.05 bits per heavy atom. The predicted octanol–water partition coefficient (Wildman–Crippen LogP) is 1.83. The second-order valence-electron chi connectivity index (χ2n) is 5.52. The average Bonchev–Trinajstić information content (AvgIpc) is 2.96. The van der Waals surface area contributed by atoms with Crippen LogP contribution in [-0.2, 0) is 9.47 Å². The Hall–Kier alpha value is -1.46. The quantitative estimate of drug-likeness (QED) is 0.847. The molecule has 0 aromatic heterocycles. The van der Waals surface area contributed by atoms with Crippen molar-refractivity contribution in [3.63, 3.8) is 0 Å². The molecule has 3 heterocycles. The molecule has 2 fully saturated rings. The molecule has 108 valence electrons. The van der Waals surface area contributed by atoms with E-state index in [9.17, 15) is 0 Å². The van der Waals surface area contributed by atoms with Crippen LogP contribution in [-0.4, -0.2) is 45.2 Å². The number of nitrogens with one attached hydrogen (secondary N) is 1. The van der Waals surface area contributed by atoms with Crippen LogP contribution in [0.4, 0.5) is 11.4 Å². The number of hydrogen-bond donors (Lipinski definition) is 1. The van der Waals surface area contributed by atoms with Gasteiger partial charge in [0.1, 0.15) is 6.61 Å². The van der Waals surface area contributed by atoms with Crippen molar-refractivity contribution in [3.05, 3.63) is 18.2 Å². The number of nitrogens with zero attached hydrogens (tertiary/aromatic N) is 1. The molecule has 1 aromatic carbocycles. The fourth-order valence-electron chi connectivity index (χ4n) is 3.28. The Morgan fingerprint density at radius 2 is 1.85 bits per heavy atom. The highest BCUT2D eigenvalue weighted by molar-refractivity contribution is 5.73. The first-order valence-electron chi connectivity index (χ1n) is 7.39. The van der Waals surface area contributed by atoms with Crippen molar-refractivity contribution in [2.75, 3.05) is 49.7 Å². The highest BCUT2D eigenvalue weighted by Gasteiger charge is 2.40. The summed E-state index contributed by atoms with van der Waals surface area (Å²) in [7, 11) is 0. The molecule has 1 aromatic rings. The number of hydrogen-bond acceptors (Lipinski definition) is 5. The molecule has 5 nitrogen and oxygen atoms in total. The lowest BCUT2D eigenvalue weighted by Crippen LogP contribution is -2.45. The molecule has 3 aliphatic rings. The van der Waals surface area contributed by atoms with Crippen molar-refractivity contribution in [1.82, 2.24) is 0 Å². The second-order valence-corrected chi connectivity index (χ2v) is 5.52. The van der Waals surface area contributed by atoms with Gasteiger partial charge in [-0.2, -0.15) is 0 Å². The molecule has 0 bridgehead atoms. The predicted molar refractivity (Wildman–Crippen MR) is 76.5 cm³/mol. The monoisotopic (exact) mass is 276 g/mol. The van der Waals surface area contributed by atoms with Crippen LogP contribution in [0.3, 0.4) is 0 Å².